The van der Waals surface area contributed by atoms with Crippen molar-refractivity contribution in [2.75, 3.05) is 13.6 Å². The van der Waals surface area contributed by atoms with Gasteiger partial charge in [-0.25, -0.2) is 0 Å². The molecule has 1 aromatic heterocycles. The first-order valence-corrected chi connectivity index (χ1v) is 5.77. The quantitative estimate of drug-likeness (QED) is 0.771. The normalized spacial score (nSPS) is 13.7. The highest BCUT2D eigenvalue weighted by Crippen LogP contribution is 2.05. The van der Waals surface area contributed by atoms with Crippen molar-refractivity contribution in [2.45, 2.75) is 32.9 Å². The molecular formula is C11H23N5. The van der Waals surface area contributed by atoms with E-state index in [1.165, 1.54) is 0 Å². The minimum Gasteiger partial charge on any atom is -0.327 e. The fourth-order valence-corrected chi connectivity index (χ4v) is 1.47. The van der Waals surface area contributed by atoms with Gasteiger partial charge in [-0.2, -0.15) is 0 Å². The SMILES string of the molecule is CC(C)C(N)CCN(C)Cc1nncn1C. The summed E-state index contributed by atoms with van der Waals surface area (Å²) in [6.07, 6.45) is 2.75. The molecule has 1 rings (SSSR count). The number of aryl methyl sites for hydroxylation is 1. The van der Waals surface area contributed by atoms with Crippen molar-refractivity contribution in [2.24, 2.45) is 18.7 Å². The van der Waals surface area contributed by atoms with E-state index in [1.807, 2.05) is 11.6 Å². The molecule has 0 bridgehead atoms. The van der Waals surface area contributed by atoms with Gasteiger partial charge < -0.3 is 10.3 Å². The molecule has 5 heteroatoms. The molecule has 16 heavy (non-hydrogen) atoms. The van der Waals surface area contributed by atoms with Gasteiger partial charge in [0.25, 0.3) is 0 Å². The van der Waals surface area contributed by atoms with E-state index < -0.39 is 0 Å². The maximum absolute atomic E-state index is 6.01. The van der Waals surface area contributed by atoms with Crippen molar-refractivity contribution in [1.82, 2.24) is 19.7 Å². The minimum absolute atomic E-state index is 0.280. The summed E-state index contributed by atoms with van der Waals surface area (Å²) in [5.74, 6) is 1.53. The summed E-state index contributed by atoms with van der Waals surface area (Å²) in [6.45, 7) is 6.13. The van der Waals surface area contributed by atoms with Crippen LogP contribution in [0, 0.1) is 5.92 Å². The van der Waals surface area contributed by atoms with Crippen LogP contribution in [0.25, 0.3) is 0 Å². The van der Waals surface area contributed by atoms with Crippen LogP contribution in [0.3, 0.4) is 0 Å². The second-order valence-electron chi connectivity index (χ2n) is 4.79. The topological polar surface area (TPSA) is 60.0 Å². The summed E-state index contributed by atoms with van der Waals surface area (Å²) < 4.78 is 1.94. The Hall–Kier alpha value is -0.940. The number of nitrogens with two attached hydrogens (primary N) is 1. The highest BCUT2D eigenvalue weighted by atomic mass is 15.3. The Kier molecular flexibility index (Phi) is 4.89. The fraction of sp³-hybridized carbons (Fsp3) is 0.818. The van der Waals surface area contributed by atoms with Gasteiger partial charge in [-0.1, -0.05) is 13.8 Å². The average molecular weight is 225 g/mol. The van der Waals surface area contributed by atoms with Gasteiger partial charge >= 0.3 is 0 Å². The number of aromatic nitrogens is 3. The van der Waals surface area contributed by atoms with E-state index in [9.17, 15) is 0 Å². The molecule has 1 atom stereocenters. The molecule has 2 N–H and O–H groups in total. The van der Waals surface area contributed by atoms with Crippen molar-refractivity contribution in [3.8, 4) is 0 Å². The Balaban J connectivity index is 2.31. The lowest BCUT2D eigenvalue weighted by molar-refractivity contribution is 0.287. The van der Waals surface area contributed by atoms with Crippen molar-refractivity contribution < 1.29 is 0 Å². The van der Waals surface area contributed by atoms with Crippen LogP contribution < -0.4 is 5.73 Å². The van der Waals surface area contributed by atoms with E-state index in [-0.39, 0.29) is 6.04 Å². The monoisotopic (exact) mass is 225 g/mol. The van der Waals surface area contributed by atoms with E-state index in [0.29, 0.717) is 5.92 Å². The second-order valence-corrected chi connectivity index (χ2v) is 4.79. The Morgan fingerprint density at radius 2 is 2.19 bits per heavy atom. The van der Waals surface area contributed by atoms with Crippen LogP contribution in [0.1, 0.15) is 26.1 Å². The molecule has 0 aliphatic rings. The molecule has 0 fully saturated rings. The molecule has 0 saturated heterocycles. The van der Waals surface area contributed by atoms with E-state index in [2.05, 4.69) is 36.0 Å². The molecule has 0 spiro atoms. The second kappa shape index (κ2) is 5.96. The van der Waals surface area contributed by atoms with Crippen LogP contribution in [-0.4, -0.2) is 39.3 Å². The van der Waals surface area contributed by atoms with E-state index in [0.717, 1.165) is 25.3 Å². The largest absolute Gasteiger partial charge is 0.327 e. The van der Waals surface area contributed by atoms with Gasteiger partial charge in [0.05, 0.1) is 6.54 Å². The van der Waals surface area contributed by atoms with Gasteiger partial charge in [-0.05, 0) is 25.9 Å². The zero-order valence-corrected chi connectivity index (χ0v) is 10.7. The average Bonchev–Trinajstić information content (AvgIpc) is 2.60. The van der Waals surface area contributed by atoms with E-state index in [1.54, 1.807) is 6.33 Å². The van der Waals surface area contributed by atoms with Crippen LogP contribution in [0.4, 0.5) is 0 Å². The molecule has 0 radical (unpaired) electrons. The van der Waals surface area contributed by atoms with Gasteiger partial charge in [0.2, 0.25) is 0 Å². The fourth-order valence-electron chi connectivity index (χ4n) is 1.47. The standard InChI is InChI=1S/C11H23N5/c1-9(2)10(12)5-6-15(3)7-11-14-13-8-16(11)4/h8-10H,5-7,12H2,1-4H3. The number of rotatable bonds is 6. The molecule has 0 aliphatic heterocycles. The van der Waals surface area contributed by atoms with Crippen LogP contribution in [-0.2, 0) is 13.6 Å². The molecule has 92 valence electrons. The van der Waals surface area contributed by atoms with Gasteiger partial charge in [0, 0.05) is 13.1 Å². The Morgan fingerprint density at radius 1 is 1.50 bits per heavy atom. The third-order valence-electron chi connectivity index (χ3n) is 2.92. The maximum Gasteiger partial charge on any atom is 0.146 e. The molecule has 0 aliphatic carbocycles. The van der Waals surface area contributed by atoms with Crippen LogP contribution in [0.5, 0.6) is 0 Å². The smallest absolute Gasteiger partial charge is 0.146 e. The summed E-state index contributed by atoms with van der Waals surface area (Å²) in [5.41, 5.74) is 6.01. The van der Waals surface area contributed by atoms with E-state index in [4.69, 9.17) is 5.73 Å². The molecule has 0 saturated carbocycles. The Labute approximate surface area is 97.6 Å². The first kappa shape index (κ1) is 13.1. The summed E-state index contributed by atoms with van der Waals surface area (Å²) >= 11 is 0. The van der Waals surface area contributed by atoms with E-state index >= 15 is 0 Å². The number of nitrogens with zero attached hydrogens (tertiary/aromatic N) is 4. The van der Waals surface area contributed by atoms with Crippen molar-refractivity contribution >= 4 is 0 Å². The molecule has 1 unspecified atom stereocenters. The zero-order valence-electron chi connectivity index (χ0n) is 10.7. The van der Waals surface area contributed by atoms with Gasteiger partial charge in [-0.3, -0.25) is 4.90 Å². The molecule has 0 amide bonds. The Bertz CT molecular complexity index is 307. The lowest BCUT2D eigenvalue weighted by Gasteiger charge is -2.20. The summed E-state index contributed by atoms with van der Waals surface area (Å²) in [7, 11) is 4.05. The first-order valence-electron chi connectivity index (χ1n) is 5.77. The minimum atomic E-state index is 0.280. The van der Waals surface area contributed by atoms with Gasteiger partial charge in [0.1, 0.15) is 12.2 Å². The predicted octanol–water partition coefficient (Wildman–Crippen LogP) is 0.620. The van der Waals surface area contributed by atoms with Crippen LogP contribution >= 0.6 is 0 Å². The molecule has 0 aromatic carbocycles. The highest BCUT2D eigenvalue weighted by molar-refractivity contribution is 4.83. The third-order valence-corrected chi connectivity index (χ3v) is 2.92. The third kappa shape index (κ3) is 3.90. The van der Waals surface area contributed by atoms with Gasteiger partial charge in [-0.15, -0.1) is 10.2 Å². The Morgan fingerprint density at radius 3 is 2.69 bits per heavy atom. The predicted molar refractivity (Wildman–Crippen MR) is 64.8 cm³/mol. The highest BCUT2D eigenvalue weighted by Gasteiger charge is 2.10. The molecule has 5 nitrogen and oxygen atoms in total. The lowest BCUT2D eigenvalue weighted by Crippen LogP contribution is -2.32. The maximum atomic E-state index is 6.01. The molecule has 1 heterocycles. The van der Waals surface area contributed by atoms with Crippen LogP contribution in [0.2, 0.25) is 0 Å². The van der Waals surface area contributed by atoms with Crippen LogP contribution in [0.15, 0.2) is 6.33 Å². The van der Waals surface area contributed by atoms with Gasteiger partial charge in [0.15, 0.2) is 0 Å². The number of hydrogen-bond donors (Lipinski definition) is 1. The van der Waals surface area contributed by atoms with Crippen molar-refractivity contribution in [1.29, 1.82) is 0 Å². The summed E-state index contributed by atoms with van der Waals surface area (Å²) in [5, 5.41) is 7.92. The summed E-state index contributed by atoms with van der Waals surface area (Å²) in [6, 6.07) is 0.280. The zero-order chi connectivity index (χ0) is 12.1. The molecular weight excluding hydrogens is 202 g/mol. The lowest BCUT2D eigenvalue weighted by atomic mass is 10.0. The number of hydrogen-bond acceptors (Lipinski definition) is 4. The first-order chi connectivity index (χ1) is 7.50. The summed E-state index contributed by atoms with van der Waals surface area (Å²) in [4.78, 5) is 2.23. The van der Waals surface area contributed by atoms with Crippen molar-refractivity contribution in [3.63, 3.8) is 0 Å². The van der Waals surface area contributed by atoms with Crippen molar-refractivity contribution in [3.05, 3.63) is 12.2 Å². The molecule has 1 aromatic rings.